The lowest BCUT2D eigenvalue weighted by atomic mass is 9.92. The zero-order valence-electron chi connectivity index (χ0n) is 14.0. The number of rotatable bonds is 1. The highest BCUT2D eigenvalue weighted by atomic mass is 16.2. The van der Waals surface area contributed by atoms with Gasteiger partial charge in [0.05, 0.1) is 0 Å². The van der Waals surface area contributed by atoms with Crippen LogP contribution in [0.3, 0.4) is 0 Å². The van der Waals surface area contributed by atoms with Gasteiger partial charge in [-0.25, -0.2) is 0 Å². The average molecular weight is 325 g/mol. The molecule has 4 rings (SSSR count). The van der Waals surface area contributed by atoms with Crippen LogP contribution in [-0.4, -0.2) is 42.0 Å². The van der Waals surface area contributed by atoms with Crippen LogP contribution in [-0.2, 0) is 0 Å². The van der Waals surface area contributed by atoms with Crippen molar-refractivity contribution in [3.8, 4) is 0 Å². The quantitative estimate of drug-likeness (QED) is 0.842. The van der Waals surface area contributed by atoms with E-state index in [0.29, 0.717) is 17.4 Å². The van der Waals surface area contributed by atoms with Crippen LogP contribution >= 0.6 is 0 Å². The van der Waals surface area contributed by atoms with Gasteiger partial charge in [0, 0.05) is 24.0 Å². The number of aromatic nitrogens is 1. The fourth-order valence-corrected chi connectivity index (χ4v) is 4.25. The van der Waals surface area contributed by atoms with Crippen LogP contribution in [0.5, 0.6) is 0 Å². The molecule has 0 aliphatic carbocycles. The summed E-state index contributed by atoms with van der Waals surface area (Å²) in [5.41, 5.74) is 1.60. The van der Waals surface area contributed by atoms with Crippen LogP contribution in [0.15, 0.2) is 29.1 Å². The molecule has 2 aliphatic heterocycles. The van der Waals surface area contributed by atoms with Crippen LogP contribution in [0, 0.1) is 18.8 Å². The van der Waals surface area contributed by atoms with Crippen LogP contribution in [0.2, 0.25) is 0 Å². The second kappa shape index (κ2) is 6.06. The largest absolute Gasteiger partial charge is 0.338 e. The molecule has 0 bridgehead atoms. The molecule has 2 aliphatic rings. The van der Waals surface area contributed by atoms with Crippen molar-refractivity contribution in [1.82, 2.24) is 15.2 Å². The molecule has 1 aromatic heterocycles. The van der Waals surface area contributed by atoms with Gasteiger partial charge in [0.1, 0.15) is 5.56 Å². The third kappa shape index (κ3) is 2.53. The third-order valence-electron chi connectivity index (χ3n) is 5.70. The number of nitrogens with one attached hydrogen (secondary N) is 2. The molecule has 0 saturated carbocycles. The van der Waals surface area contributed by atoms with E-state index < -0.39 is 0 Å². The minimum absolute atomic E-state index is 0.118. The highest BCUT2D eigenvalue weighted by Gasteiger charge is 2.32. The Morgan fingerprint density at radius 1 is 1.12 bits per heavy atom. The summed E-state index contributed by atoms with van der Waals surface area (Å²) in [6.45, 7) is 5.48. The molecule has 0 radical (unpaired) electrons. The predicted octanol–water partition coefficient (Wildman–Crippen LogP) is 1.91. The maximum absolute atomic E-state index is 13.0. The maximum Gasteiger partial charge on any atom is 0.261 e. The van der Waals surface area contributed by atoms with E-state index in [4.69, 9.17) is 0 Å². The number of aromatic amines is 1. The van der Waals surface area contributed by atoms with E-state index >= 15 is 0 Å². The molecule has 5 nitrogen and oxygen atoms in total. The first-order valence-electron chi connectivity index (χ1n) is 8.77. The fraction of sp³-hybridized carbons (Fsp3) is 0.474. The van der Waals surface area contributed by atoms with Crippen LogP contribution in [0.1, 0.15) is 28.8 Å². The normalized spacial score (nSPS) is 24.0. The lowest BCUT2D eigenvalue weighted by Gasteiger charge is -2.22. The fourth-order valence-electron chi connectivity index (χ4n) is 4.25. The summed E-state index contributed by atoms with van der Waals surface area (Å²) in [6, 6.07) is 7.65. The number of pyridine rings is 1. The second-order valence-electron chi connectivity index (χ2n) is 7.05. The summed E-state index contributed by atoms with van der Waals surface area (Å²) in [6.07, 6.45) is 2.04. The van der Waals surface area contributed by atoms with Gasteiger partial charge in [0.2, 0.25) is 0 Å². The Balaban J connectivity index is 1.67. The van der Waals surface area contributed by atoms with Crippen molar-refractivity contribution in [2.24, 2.45) is 11.8 Å². The minimum Gasteiger partial charge on any atom is -0.338 e. The monoisotopic (exact) mass is 325 g/mol. The Hall–Kier alpha value is -2.14. The Bertz CT molecular complexity index is 828. The van der Waals surface area contributed by atoms with Crippen molar-refractivity contribution in [3.63, 3.8) is 0 Å². The first-order valence-corrected chi connectivity index (χ1v) is 8.77. The number of nitrogens with zero attached hydrogens (tertiary/aromatic N) is 1. The molecule has 2 atom stereocenters. The summed E-state index contributed by atoms with van der Waals surface area (Å²) in [5.74, 6) is 1.21. The molecular weight excluding hydrogens is 302 g/mol. The van der Waals surface area contributed by atoms with E-state index in [-0.39, 0.29) is 11.5 Å². The van der Waals surface area contributed by atoms with Gasteiger partial charge in [-0.15, -0.1) is 0 Å². The Labute approximate surface area is 141 Å². The number of H-pyrrole nitrogens is 1. The van der Waals surface area contributed by atoms with Gasteiger partial charge < -0.3 is 15.2 Å². The van der Waals surface area contributed by atoms with Crippen molar-refractivity contribution in [1.29, 1.82) is 0 Å². The number of fused-ring (bicyclic) bond motifs is 2. The van der Waals surface area contributed by atoms with Gasteiger partial charge in [-0.05, 0) is 56.3 Å². The van der Waals surface area contributed by atoms with Gasteiger partial charge >= 0.3 is 0 Å². The van der Waals surface area contributed by atoms with Gasteiger partial charge in [0.15, 0.2) is 0 Å². The third-order valence-corrected chi connectivity index (χ3v) is 5.70. The zero-order chi connectivity index (χ0) is 16.7. The molecule has 126 valence electrons. The second-order valence-corrected chi connectivity index (χ2v) is 7.05. The van der Waals surface area contributed by atoms with Gasteiger partial charge in [0.25, 0.3) is 11.5 Å². The number of carbonyl (C=O) groups is 1. The highest BCUT2D eigenvalue weighted by Crippen LogP contribution is 2.28. The number of hydrogen-bond donors (Lipinski definition) is 2. The number of amides is 1. The number of hydrogen-bond acceptors (Lipinski definition) is 3. The number of carbonyl (C=O) groups excluding carboxylic acids is 1. The highest BCUT2D eigenvalue weighted by molar-refractivity contribution is 5.99. The molecule has 1 aromatic carbocycles. The van der Waals surface area contributed by atoms with E-state index in [1.165, 1.54) is 0 Å². The van der Waals surface area contributed by atoms with E-state index in [1.54, 1.807) is 0 Å². The smallest absolute Gasteiger partial charge is 0.261 e. The van der Waals surface area contributed by atoms with Crippen LogP contribution in [0.4, 0.5) is 0 Å². The van der Waals surface area contributed by atoms with Crippen LogP contribution < -0.4 is 10.9 Å². The molecular formula is C19H23N3O2. The average Bonchev–Trinajstić information content (AvgIpc) is 2.93. The molecule has 0 unspecified atom stereocenters. The van der Waals surface area contributed by atoms with Crippen molar-refractivity contribution in [2.75, 3.05) is 26.2 Å². The number of likely N-dealkylation sites (tertiary alicyclic amines) is 1. The first kappa shape index (κ1) is 15.4. The molecule has 2 N–H and O–H groups in total. The summed E-state index contributed by atoms with van der Waals surface area (Å²) in [4.78, 5) is 30.3. The van der Waals surface area contributed by atoms with Crippen molar-refractivity contribution in [3.05, 3.63) is 45.7 Å². The minimum atomic E-state index is -0.276. The molecule has 5 heteroatoms. The summed E-state index contributed by atoms with van der Waals surface area (Å²) < 4.78 is 0. The molecule has 3 heterocycles. The van der Waals surface area contributed by atoms with Gasteiger partial charge in [-0.1, -0.05) is 18.2 Å². The van der Waals surface area contributed by atoms with Crippen LogP contribution in [0.25, 0.3) is 10.9 Å². The molecule has 2 fully saturated rings. The summed E-state index contributed by atoms with van der Waals surface area (Å²) in [5, 5.41) is 4.39. The van der Waals surface area contributed by atoms with Gasteiger partial charge in [-0.2, -0.15) is 0 Å². The zero-order valence-corrected chi connectivity index (χ0v) is 14.0. The molecule has 24 heavy (non-hydrogen) atoms. The van der Waals surface area contributed by atoms with Gasteiger partial charge in [-0.3, -0.25) is 9.59 Å². The van der Waals surface area contributed by atoms with E-state index in [0.717, 1.165) is 55.5 Å². The van der Waals surface area contributed by atoms with Crippen molar-refractivity contribution < 1.29 is 4.79 Å². The maximum atomic E-state index is 13.0. The molecule has 2 aromatic rings. The number of aryl methyl sites for hydroxylation is 1. The lowest BCUT2D eigenvalue weighted by molar-refractivity contribution is 0.0756. The standard InChI is InChI=1S/C19H23N3O2/c1-12-15-4-2-3-5-16(15)21-18(23)17(12)19(24)22-8-6-13-10-20-11-14(13)7-9-22/h2-5,13-14,20H,6-11H2,1H3,(H,21,23)/t13-,14+. The summed E-state index contributed by atoms with van der Waals surface area (Å²) >= 11 is 0. The Kier molecular flexibility index (Phi) is 3.88. The summed E-state index contributed by atoms with van der Waals surface area (Å²) in [7, 11) is 0. The van der Waals surface area contributed by atoms with Crippen molar-refractivity contribution in [2.45, 2.75) is 19.8 Å². The van der Waals surface area contributed by atoms with E-state index in [1.807, 2.05) is 36.1 Å². The van der Waals surface area contributed by atoms with E-state index in [9.17, 15) is 9.59 Å². The molecule has 0 spiro atoms. The Morgan fingerprint density at radius 2 is 1.79 bits per heavy atom. The number of para-hydroxylation sites is 1. The topological polar surface area (TPSA) is 65.2 Å². The van der Waals surface area contributed by atoms with E-state index in [2.05, 4.69) is 10.3 Å². The van der Waals surface area contributed by atoms with Crippen molar-refractivity contribution >= 4 is 16.8 Å². The Morgan fingerprint density at radius 3 is 2.50 bits per heavy atom. The molecule has 2 saturated heterocycles. The lowest BCUT2D eigenvalue weighted by Crippen LogP contribution is -2.36. The predicted molar refractivity (Wildman–Crippen MR) is 94.3 cm³/mol. The SMILES string of the molecule is Cc1c(C(=O)N2CC[C@@H]3CNC[C@@H]3CC2)c(=O)[nH]c2ccccc12. The molecule has 1 amide bonds. The first-order chi connectivity index (χ1) is 11.6. The number of benzene rings is 1.